The van der Waals surface area contributed by atoms with Crippen LogP contribution < -0.4 is 24.6 Å². The Balaban J connectivity index is 2.65. The van der Waals surface area contributed by atoms with Gasteiger partial charge in [-0.25, -0.2) is 0 Å². The minimum atomic E-state index is -1.41. The number of rotatable bonds is 5. The third kappa shape index (κ3) is 3.49. The van der Waals surface area contributed by atoms with Gasteiger partial charge in [-0.3, -0.25) is 0 Å². The number of hydrogen-bond acceptors (Lipinski definition) is 8. The van der Waals surface area contributed by atoms with Crippen molar-refractivity contribution in [3.8, 4) is 17.2 Å². The molecule has 2 atom stereocenters. The summed E-state index contributed by atoms with van der Waals surface area (Å²) >= 11 is 0. The van der Waals surface area contributed by atoms with Crippen LogP contribution in [0.4, 0.5) is 0 Å². The molecular formula is C23H30O8. The number of aliphatic hydroxyl groups excluding tert-OH is 1. The lowest BCUT2D eigenvalue weighted by molar-refractivity contribution is -0.131. The molecule has 8 nitrogen and oxygen atoms in total. The van der Waals surface area contributed by atoms with Crippen LogP contribution in [0.15, 0.2) is 29.2 Å². The van der Waals surface area contributed by atoms with E-state index >= 15 is 0 Å². The van der Waals surface area contributed by atoms with E-state index in [1.165, 1.54) is 35.5 Å². The molecule has 2 aliphatic rings. The molecule has 0 bridgehead atoms. The maximum Gasteiger partial charge on any atom is 0.204 e. The van der Waals surface area contributed by atoms with Crippen molar-refractivity contribution in [2.45, 2.75) is 37.9 Å². The molecule has 0 aliphatic heterocycles. The quantitative estimate of drug-likeness (QED) is 0.636. The molecule has 3 N–H and O–H groups in total. The van der Waals surface area contributed by atoms with Gasteiger partial charge in [-0.1, -0.05) is 0 Å². The van der Waals surface area contributed by atoms with Crippen LogP contribution in [-0.4, -0.2) is 62.1 Å². The van der Waals surface area contributed by atoms with Gasteiger partial charge >= 0.3 is 0 Å². The summed E-state index contributed by atoms with van der Waals surface area (Å²) in [6.07, 6.45) is 1.92. The fraction of sp³-hybridized carbons (Fsp3) is 0.478. The Labute approximate surface area is 181 Å². The van der Waals surface area contributed by atoms with Crippen LogP contribution in [0.5, 0.6) is 17.2 Å². The Morgan fingerprint density at radius 1 is 0.806 bits per heavy atom. The van der Waals surface area contributed by atoms with Gasteiger partial charge in [-0.05, 0) is 42.4 Å². The van der Waals surface area contributed by atoms with E-state index in [0.717, 1.165) is 5.57 Å². The Hall–Kier alpha value is -2.84. The summed E-state index contributed by atoms with van der Waals surface area (Å²) in [5.74, 6) is 1.06. The minimum absolute atomic E-state index is 0.115. The predicted octanol–water partition coefficient (Wildman–Crippen LogP) is 1.27. The largest absolute Gasteiger partial charge is 0.502 e. The van der Waals surface area contributed by atoms with Crippen LogP contribution in [0.3, 0.4) is 0 Å². The van der Waals surface area contributed by atoms with Crippen molar-refractivity contribution in [2.75, 3.05) is 35.5 Å². The molecular weight excluding hydrogens is 404 g/mol. The van der Waals surface area contributed by atoms with E-state index in [2.05, 4.69) is 0 Å². The zero-order valence-electron chi connectivity index (χ0n) is 19.0. The van der Waals surface area contributed by atoms with Crippen LogP contribution in [-0.2, 0) is 9.47 Å². The first-order valence-corrected chi connectivity index (χ1v) is 9.80. The van der Waals surface area contributed by atoms with Crippen LogP contribution in [0, 0.1) is 0 Å². The second-order valence-electron chi connectivity index (χ2n) is 8.07. The first kappa shape index (κ1) is 22.8. The average molecular weight is 434 g/mol. The monoisotopic (exact) mass is 434 g/mol. The molecule has 3 rings (SSSR count). The number of ether oxygens (including phenoxy) is 5. The highest BCUT2D eigenvalue weighted by molar-refractivity contribution is 5.75. The van der Waals surface area contributed by atoms with Crippen molar-refractivity contribution < 1.29 is 39.0 Å². The third-order valence-corrected chi connectivity index (χ3v) is 6.16. The van der Waals surface area contributed by atoms with Crippen LogP contribution in [0.1, 0.15) is 26.7 Å². The average Bonchev–Trinajstić information content (AvgIpc) is 2.72. The summed E-state index contributed by atoms with van der Waals surface area (Å²) in [5, 5.41) is 34.1. The molecule has 0 radical (unpaired) electrons. The molecule has 0 spiro atoms. The number of benzene rings is 1. The molecule has 0 saturated heterocycles. The molecule has 0 unspecified atom stereocenters. The summed E-state index contributed by atoms with van der Waals surface area (Å²) in [5.41, 5.74) is -1.37. The van der Waals surface area contributed by atoms with E-state index in [-0.39, 0.29) is 30.1 Å². The Morgan fingerprint density at radius 2 is 1.42 bits per heavy atom. The van der Waals surface area contributed by atoms with Crippen LogP contribution in [0.2, 0.25) is 0 Å². The zero-order chi connectivity index (χ0) is 23.1. The van der Waals surface area contributed by atoms with Crippen molar-refractivity contribution >= 4 is 11.3 Å². The van der Waals surface area contributed by atoms with Gasteiger partial charge in [0.05, 0.1) is 52.0 Å². The van der Waals surface area contributed by atoms with E-state index in [9.17, 15) is 15.3 Å². The standard InChI is InChI=1S/C23H30O8/c1-22(25)10-12-8-15(27-3)18(24)20(30-6)17-13(14(12)11-23(22,2)26)9-16(28-4)19(29-5)21(17)31-7/h8-9,24-26H,10-11H2,1-7H3/b12-8-,14-13-,15-8?,18-15-,20-17-,20-18?/t22-,23+/m0/s1. The third-order valence-electron chi connectivity index (χ3n) is 6.16. The molecule has 31 heavy (non-hydrogen) atoms. The van der Waals surface area contributed by atoms with Gasteiger partial charge in [0.25, 0.3) is 0 Å². The van der Waals surface area contributed by atoms with Gasteiger partial charge in [0.2, 0.25) is 11.5 Å². The van der Waals surface area contributed by atoms with Gasteiger partial charge in [0, 0.05) is 12.8 Å². The molecule has 0 aromatic heterocycles. The number of fused-ring (bicyclic) bond motifs is 2. The SMILES string of the molecule is COC1=C(O)/C(OC)=c2/c(OC)c(OC)c(OC)c/c2=C2\C[C@@](C)(O)[C@@](C)(O)C\C2=C\1. The van der Waals surface area contributed by atoms with E-state index in [0.29, 0.717) is 33.3 Å². The van der Waals surface area contributed by atoms with Gasteiger partial charge in [0.15, 0.2) is 23.0 Å². The van der Waals surface area contributed by atoms with Crippen molar-refractivity contribution in [3.63, 3.8) is 0 Å². The zero-order valence-corrected chi connectivity index (χ0v) is 19.0. The number of methoxy groups -OCH3 is 5. The number of aliphatic hydroxyl groups is 3. The van der Waals surface area contributed by atoms with Crippen molar-refractivity contribution in [1.82, 2.24) is 0 Å². The maximum absolute atomic E-state index is 11.1. The molecule has 1 saturated carbocycles. The van der Waals surface area contributed by atoms with Crippen molar-refractivity contribution in [1.29, 1.82) is 0 Å². The van der Waals surface area contributed by atoms with Gasteiger partial charge < -0.3 is 39.0 Å². The van der Waals surface area contributed by atoms with Gasteiger partial charge in [-0.15, -0.1) is 0 Å². The van der Waals surface area contributed by atoms with E-state index in [1.807, 2.05) is 0 Å². The van der Waals surface area contributed by atoms with E-state index < -0.39 is 11.2 Å². The number of hydrogen-bond donors (Lipinski definition) is 3. The summed E-state index contributed by atoms with van der Waals surface area (Å²) < 4.78 is 27.7. The predicted molar refractivity (Wildman–Crippen MR) is 114 cm³/mol. The topological polar surface area (TPSA) is 107 Å². The minimum Gasteiger partial charge on any atom is -0.502 e. The molecule has 1 aromatic carbocycles. The second kappa shape index (κ2) is 8.01. The molecule has 1 fully saturated rings. The lowest BCUT2D eigenvalue weighted by Gasteiger charge is -2.45. The molecule has 2 aliphatic carbocycles. The first-order chi connectivity index (χ1) is 14.6. The Morgan fingerprint density at radius 3 is 1.94 bits per heavy atom. The summed E-state index contributed by atoms with van der Waals surface area (Å²) in [6.45, 7) is 3.18. The van der Waals surface area contributed by atoms with Crippen molar-refractivity contribution in [3.05, 3.63) is 39.7 Å². The molecule has 8 heteroatoms. The molecule has 0 heterocycles. The van der Waals surface area contributed by atoms with Crippen molar-refractivity contribution in [2.24, 2.45) is 0 Å². The fourth-order valence-corrected chi connectivity index (χ4v) is 4.15. The normalized spacial score (nSPS) is 33.1. The maximum atomic E-state index is 11.1. The smallest absolute Gasteiger partial charge is 0.204 e. The summed E-state index contributed by atoms with van der Waals surface area (Å²) in [7, 11) is 7.33. The number of allylic oxidation sites excluding steroid dienone is 1. The second-order valence-corrected chi connectivity index (χ2v) is 8.07. The van der Waals surface area contributed by atoms with Crippen LogP contribution >= 0.6 is 0 Å². The highest BCUT2D eigenvalue weighted by Crippen LogP contribution is 2.44. The Bertz CT molecular complexity index is 1080. The highest BCUT2D eigenvalue weighted by atomic mass is 16.5. The van der Waals surface area contributed by atoms with E-state index in [4.69, 9.17) is 23.7 Å². The first-order valence-electron chi connectivity index (χ1n) is 9.80. The lowest BCUT2D eigenvalue weighted by atomic mass is 9.68. The van der Waals surface area contributed by atoms with Gasteiger partial charge in [0.1, 0.15) is 0 Å². The molecule has 0 amide bonds. The fourth-order valence-electron chi connectivity index (χ4n) is 4.15. The van der Waals surface area contributed by atoms with Gasteiger partial charge in [-0.2, -0.15) is 0 Å². The summed E-state index contributed by atoms with van der Waals surface area (Å²) in [6, 6.07) is 1.75. The lowest BCUT2D eigenvalue weighted by Crippen LogP contribution is -2.54. The summed E-state index contributed by atoms with van der Waals surface area (Å²) in [4.78, 5) is 0. The van der Waals surface area contributed by atoms with E-state index in [1.54, 1.807) is 26.0 Å². The van der Waals surface area contributed by atoms with Crippen LogP contribution in [0.25, 0.3) is 11.3 Å². The highest BCUT2D eigenvalue weighted by Gasteiger charge is 2.47. The Kier molecular flexibility index (Phi) is 5.90. The molecule has 1 aromatic rings. The molecule has 170 valence electrons.